The molecule has 0 saturated carbocycles. The van der Waals surface area contributed by atoms with Crippen LogP contribution in [0.15, 0.2) is 48.5 Å². The second-order valence-corrected chi connectivity index (χ2v) is 24.4. The normalized spacial score (nSPS) is 12.0. The van der Waals surface area contributed by atoms with Gasteiger partial charge >= 0.3 is 218 Å². The SMILES string of the molecule is CCCCCCCCc1ccc2ccc3c(C#[C][Sn]([CH2]CCC)([CH2]CCC)[CH2]CCC)ccc4ccc1c2c43. The van der Waals surface area contributed by atoms with Crippen molar-refractivity contribution in [1.29, 1.82) is 0 Å². The topological polar surface area (TPSA) is 0 Å². The zero-order valence-corrected chi connectivity index (χ0v) is 28.3. The Morgan fingerprint density at radius 2 is 1.03 bits per heavy atom. The molecule has 0 heterocycles. The molecule has 39 heavy (non-hydrogen) atoms. The molecule has 0 atom stereocenters. The molecule has 0 saturated heterocycles. The fraction of sp³-hybridized carbons (Fsp3) is 0.526. The number of hydrogen-bond acceptors (Lipinski definition) is 0. The maximum absolute atomic E-state index is 4.15. The van der Waals surface area contributed by atoms with E-state index in [1.54, 1.807) is 0 Å². The molecular weight excluding hydrogens is 575 g/mol. The van der Waals surface area contributed by atoms with Crippen LogP contribution in [0.2, 0.25) is 13.3 Å². The van der Waals surface area contributed by atoms with Gasteiger partial charge in [0.1, 0.15) is 0 Å². The second-order valence-electron chi connectivity index (χ2n) is 12.1. The molecule has 0 N–H and O–H groups in total. The van der Waals surface area contributed by atoms with Crippen molar-refractivity contribution in [3.05, 3.63) is 59.7 Å². The molecule has 0 bridgehead atoms. The van der Waals surface area contributed by atoms with Crippen LogP contribution >= 0.6 is 0 Å². The van der Waals surface area contributed by atoms with E-state index in [9.17, 15) is 0 Å². The van der Waals surface area contributed by atoms with Gasteiger partial charge in [-0.3, -0.25) is 0 Å². The van der Waals surface area contributed by atoms with Crippen LogP contribution in [-0.2, 0) is 6.42 Å². The van der Waals surface area contributed by atoms with Crippen LogP contribution in [-0.4, -0.2) is 18.4 Å². The van der Waals surface area contributed by atoms with Gasteiger partial charge in [0.05, 0.1) is 0 Å². The molecule has 0 nitrogen and oxygen atoms in total. The van der Waals surface area contributed by atoms with Crippen molar-refractivity contribution in [2.24, 2.45) is 0 Å². The first-order chi connectivity index (χ1) is 19.2. The summed E-state index contributed by atoms with van der Waals surface area (Å²) in [5.41, 5.74) is 2.79. The molecule has 0 aliphatic heterocycles. The van der Waals surface area contributed by atoms with Gasteiger partial charge in [0.15, 0.2) is 0 Å². The standard InChI is InChI=1S/C26H25.3C4H9.Sn/c1-3-5-6-7-8-9-10-20-12-14-22-15-17-23-19(4-2)11-13-21-16-18-24(20)26(22)25(21)23;3*1-3-4-2;/h11-18H,3,5-10H2,1H3;3*1,3-4H2,2H3;. The summed E-state index contributed by atoms with van der Waals surface area (Å²) >= 11 is -2.51. The number of unbranched alkanes of at least 4 members (excludes halogenated alkanes) is 8. The molecule has 208 valence electrons. The quantitative estimate of drug-likeness (QED) is 0.0502. The van der Waals surface area contributed by atoms with Gasteiger partial charge in [0, 0.05) is 0 Å². The van der Waals surface area contributed by atoms with Gasteiger partial charge in [-0.15, -0.1) is 0 Å². The van der Waals surface area contributed by atoms with E-state index in [4.69, 9.17) is 0 Å². The number of benzene rings is 4. The summed E-state index contributed by atoms with van der Waals surface area (Å²) < 4.78 is 8.50. The Hall–Kier alpha value is -1.72. The van der Waals surface area contributed by atoms with Crippen LogP contribution in [0.5, 0.6) is 0 Å². The molecule has 0 aliphatic carbocycles. The third-order valence-corrected chi connectivity index (χ3v) is 22.1. The predicted molar refractivity (Wildman–Crippen MR) is 179 cm³/mol. The van der Waals surface area contributed by atoms with E-state index in [-0.39, 0.29) is 0 Å². The van der Waals surface area contributed by atoms with Gasteiger partial charge in [-0.2, -0.15) is 0 Å². The maximum atomic E-state index is 4.15. The zero-order chi connectivity index (χ0) is 27.5. The van der Waals surface area contributed by atoms with E-state index in [2.05, 4.69) is 86.1 Å². The fourth-order valence-corrected chi connectivity index (χ4v) is 19.8. The van der Waals surface area contributed by atoms with E-state index in [1.165, 1.54) is 140 Å². The van der Waals surface area contributed by atoms with E-state index in [1.807, 2.05) is 0 Å². The number of aryl methyl sites for hydroxylation is 1. The summed E-state index contributed by atoms with van der Waals surface area (Å²) in [4.78, 5) is 0. The summed E-state index contributed by atoms with van der Waals surface area (Å²) in [5.74, 6) is 3.88. The van der Waals surface area contributed by atoms with Gasteiger partial charge in [0.25, 0.3) is 0 Å². The molecule has 0 fully saturated rings. The Labute approximate surface area is 243 Å². The molecule has 0 spiro atoms. The summed E-state index contributed by atoms with van der Waals surface area (Å²) in [6.07, 6.45) is 17.3. The first kappa shape index (κ1) is 30.2. The minimum absolute atomic E-state index is 1.19. The van der Waals surface area contributed by atoms with Crippen molar-refractivity contribution >= 4 is 50.7 Å². The third kappa shape index (κ3) is 7.52. The molecule has 1 heteroatoms. The first-order valence-corrected chi connectivity index (χ1v) is 23.9. The average Bonchev–Trinajstić information content (AvgIpc) is 2.97. The van der Waals surface area contributed by atoms with Gasteiger partial charge in [-0.25, -0.2) is 0 Å². The van der Waals surface area contributed by atoms with Crippen LogP contribution < -0.4 is 0 Å². The Morgan fingerprint density at radius 3 is 1.67 bits per heavy atom. The number of hydrogen-bond donors (Lipinski definition) is 0. The Balaban J connectivity index is 1.72. The first-order valence-electron chi connectivity index (χ1n) is 16.4. The molecule has 4 aromatic rings. The van der Waals surface area contributed by atoms with E-state index < -0.39 is 18.4 Å². The van der Waals surface area contributed by atoms with Gasteiger partial charge in [-0.05, 0) is 0 Å². The van der Waals surface area contributed by atoms with Gasteiger partial charge in [-0.1, -0.05) is 26.2 Å². The monoisotopic (exact) mass is 628 g/mol. The molecule has 0 unspecified atom stereocenters. The van der Waals surface area contributed by atoms with Crippen molar-refractivity contribution in [3.8, 4) is 9.86 Å². The molecular formula is C38H52Sn. The van der Waals surface area contributed by atoms with Gasteiger partial charge < -0.3 is 0 Å². The molecule has 4 aromatic carbocycles. The molecule has 0 aromatic heterocycles. The van der Waals surface area contributed by atoms with Crippen molar-refractivity contribution in [3.63, 3.8) is 0 Å². The number of rotatable bonds is 16. The van der Waals surface area contributed by atoms with Crippen molar-refractivity contribution in [1.82, 2.24) is 0 Å². The Bertz CT molecular complexity index is 1350. The molecule has 0 amide bonds. The Morgan fingerprint density at radius 1 is 0.513 bits per heavy atom. The minimum atomic E-state index is -2.51. The summed E-state index contributed by atoms with van der Waals surface area (Å²) in [6, 6.07) is 18.9. The van der Waals surface area contributed by atoms with Crippen LogP contribution in [0.25, 0.3) is 32.3 Å². The third-order valence-electron chi connectivity index (χ3n) is 9.04. The predicted octanol–water partition coefficient (Wildman–Crippen LogP) is 12.2. The van der Waals surface area contributed by atoms with Crippen molar-refractivity contribution in [2.45, 2.75) is 124 Å². The van der Waals surface area contributed by atoms with E-state index in [0.717, 1.165) is 0 Å². The fourth-order valence-electron chi connectivity index (χ4n) is 6.59. The Kier molecular flexibility index (Phi) is 11.9. The summed E-state index contributed by atoms with van der Waals surface area (Å²) in [5, 5.41) is 8.49. The molecule has 0 aliphatic rings. The molecule has 4 rings (SSSR count). The van der Waals surface area contributed by atoms with Crippen LogP contribution in [0.3, 0.4) is 0 Å². The van der Waals surface area contributed by atoms with Crippen molar-refractivity contribution in [2.75, 3.05) is 0 Å². The summed E-state index contributed by atoms with van der Waals surface area (Å²) in [6.45, 7) is 9.36. The summed E-state index contributed by atoms with van der Waals surface area (Å²) in [7, 11) is 0. The van der Waals surface area contributed by atoms with E-state index >= 15 is 0 Å². The van der Waals surface area contributed by atoms with E-state index in [0.29, 0.717) is 0 Å². The zero-order valence-electron chi connectivity index (χ0n) is 25.4. The van der Waals surface area contributed by atoms with Crippen LogP contribution in [0.1, 0.15) is 116 Å². The second kappa shape index (κ2) is 15.3. The van der Waals surface area contributed by atoms with Crippen LogP contribution in [0, 0.1) is 9.86 Å². The van der Waals surface area contributed by atoms with Gasteiger partial charge in [0.2, 0.25) is 0 Å². The molecule has 0 radical (unpaired) electrons. The van der Waals surface area contributed by atoms with Crippen LogP contribution in [0.4, 0.5) is 0 Å². The average molecular weight is 628 g/mol. The van der Waals surface area contributed by atoms with Crippen molar-refractivity contribution < 1.29 is 0 Å².